The molecule has 2 aromatic carbocycles. The van der Waals surface area contributed by atoms with Crippen molar-refractivity contribution in [1.29, 1.82) is 0 Å². The highest BCUT2D eigenvalue weighted by Gasteiger charge is 2.28. The van der Waals surface area contributed by atoms with Gasteiger partial charge in [0.15, 0.2) is 0 Å². The van der Waals surface area contributed by atoms with E-state index in [0.717, 1.165) is 26.0 Å². The maximum Gasteiger partial charge on any atom is 0.0770 e. The summed E-state index contributed by atoms with van der Waals surface area (Å²) >= 11 is 0. The average Bonchev–Trinajstić information content (AvgIpc) is 3.03. The molecule has 2 aromatic rings. The zero-order valence-corrected chi connectivity index (χ0v) is 13.1. The quantitative estimate of drug-likeness (QED) is 0.880. The zero-order valence-electron chi connectivity index (χ0n) is 13.1. The molecule has 0 aromatic heterocycles. The molecule has 2 unspecified atom stereocenters. The van der Waals surface area contributed by atoms with Crippen molar-refractivity contribution in [1.82, 2.24) is 5.32 Å². The summed E-state index contributed by atoms with van der Waals surface area (Å²) in [5.74, 6) is 0. The summed E-state index contributed by atoms with van der Waals surface area (Å²) in [7, 11) is 0. The molecule has 2 atom stereocenters. The Kier molecular flexibility index (Phi) is 4.57. The molecule has 0 bridgehead atoms. The maximum atomic E-state index is 6.01. The molecular formula is C19H25NO. The second-order valence-corrected chi connectivity index (χ2v) is 6.00. The van der Waals surface area contributed by atoms with Crippen LogP contribution in [0, 0.1) is 6.92 Å². The molecule has 1 heterocycles. The minimum atomic E-state index is 0.304. The van der Waals surface area contributed by atoms with Crippen LogP contribution in [0.25, 0.3) is 10.8 Å². The SMILES string of the molecule is CCCNC(c1c(C)ccc2ccccc12)C1CCCO1. The Hall–Kier alpha value is -1.38. The first-order chi connectivity index (χ1) is 10.3. The largest absolute Gasteiger partial charge is 0.376 e. The fourth-order valence-corrected chi connectivity index (χ4v) is 3.40. The molecule has 1 fully saturated rings. The molecule has 2 nitrogen and oxygen atoms in total. The van der Waals surface area contributed by atoms with E-state index >= 15 is 0 Å². The number of hydrogen-bond donors (Lipinski definition) is 1. The summed E-state index contributed by atoms with van der Waals surface area (Å²) < 4.78 is 6.01. The second kappa shape index (κ2) is 6.59. The van der Waals surface area contributed by atoms with E-state index in [0.29, 0.717) is 12.1 Å². The van der Waals surface area contributed by atoms with E-state index in [-0.39, 0.29) is 0 Å². The Bertz CT molecular complexity index is 602. The molecule has 2 heteroatoms. The standard InChI is InChI=1S/C19H25NO/c1-3-12-20-19(17-9-6-13-21-17)18-14(2)10-11-15-7-4-5-8-16(15)18/h4-5,7-8,10-11,17,19-20H,3,6,9,12-13H2,1-2H3. The Balaban J connectivity index is 2.06. The van der Waals surface area contributed by atoms with Gasteiger partial charge in [-0.3, -0.25) is 0 Å². The van der Waals surface area contributed by atoms with Gasteiger partial charge in [-0.15, -0.1) is 0 Å². The molecule has 0 spiro atoms. The van der Waals surface area contributed by atoms with Gasteiger partial charge in [-0.25, -0.2) is 0 Å². The van der Waals surface area contributed by atoms with Crippen molar-refractivity contribution in [3.8, 4) is 0 Å². The monoisotopic (exact) mass is 283 g/mol. The fraction of sp³-hybridized carbons (Fsp3) is 0.474. The molecule has 0 saturated carbocycles. The second-order valence-electron chi connectivity index (χ2n) is 6.00. The van der Waals surface area contributed by atoms with Crippen LogP contribution in [-0.4, -0.2) is 19.3 Å². The minimum absolute atomic E-state index is 0.304. The third kappa shape index (κ3) is 2.97. The number of aryl methyl sites for hydroxylation is 1. The highest BCUT2D eigenvalue weighted by molar-refractivity contribution is 5.87. The number of fused-ring (bicyclic) bond motifs is 1. The molecule has 1 aliphatic heterocycles. The van der Waals surface area contributed by atoms with Crippen LogP contribution < -0.4 is 5.32 Å². The highest BCUT2D eigenvalue weighted by atomic mass is 16.5. The summed E-state index contributed by atoms with van der Waals surface area (Å²) in [5.41, 5.74) is 2.78. The molecular weight excluding hydrogens is 258 g/mol. The fourth-order valence-electron chi connectivity index (χ4n) is 3.40. The predicted octanol–water partition coefficient (Wildman–Crippen LogP) is 4.37. The zero-order chi connectivity index (χ0) is 14.7. The third-order valence-corrected chi connectivity index (χ3v) is 4.45. The van der Waals surface area contributed by atoms with E-state index in [1.54, 1.807) is 0 Å². The normalized spacial score (nSPS) is 20.0. The highest BCUT2D eigenvalue weighted by Crippen LogP contribution is 2.34. The predicted molar refractivity (Wildman–Crippen MR) is 88.7 cm³/mol. The first kappa shape index (κ1) is 14.6. The molecule has 0 radical (unpaired) electrons. The van der Waals surface area contributed by atoms with Gasteiger partial charge in [0, 0.05) is 6.61 Å². The van der Waals surface area contributed by atoms with Gasteiger partial charge in [0.2, 0.25) is 0 Å². The number of hydrogen-bond acceptors (Lipinski definition) is 2. The van der Waals surface area contributed by atoms with Gasteiger partial charge >= 0.3 is 0 Å². The average molecular weight is 283 g/mol. The molecule has 21 heavy (non-hydrogen) atoms. The van der Waals surface area contributed by atoms with Crippen molar-refractivity contribution < 1.29 is 4.74 Å². The lowest BCUT2D eigenvalue weighted by molar-refractivity contribution is 0.0785. The molecule has 0 aliphatic carbocycles. The van der Waals surface area contributed by atoms with Crippen LogP contribution in [0.2, 0.25) is 0 Å². The van der Waals surface area contributed by atoms with Gasteiger partial charge < -0.3 is 10.1 Å². The van der Waals surface area contributed by atoms with E-state index in [9.17, 15) is 0 Å². The van der Waals surface area contributed by atoms with Crippen molar-refractivity contribution >= 4 is 10.8 Å². The van der Waals surface area contributed by atoms with Gasteiger partial charge in [0.05, 0.1) is 12.1 Å². The van der Waals surface area contributed by atoms with Crippen LogP contribution >= 0.6 is 0 Å². The summed E-state index contributed by atoms with van der Waals surface area (Å²) in [4.78, 5) is 0. The van der Waals surface area contributed by atoms with Gasteiger partial charge in [0.1, 0.15) is 0 Å². The maximum absolute atomic E-state index is 6.01. The Labute approximate surface area is 127 Å². The van der Waals surface area contributed by atoms with Crippen molar-refractivity contribution in [3.63, 3.8) is 0 Å². The lowest BCUT2D eigenvalue weighted by Crippen LogP contribution is -2.33. The van der Waals surface area contributed by atoms with E-state index in [4.69, 9.17) is 4.74 Å². The smallest absolute Gasteiger partial charge is 0.0770 e. The number of rotatable bonds is 5. The van der Waals surface area contributed by atoms with Crippen molar-refractivity contribution in [2.75, 3.05) is 13.2 Å². The summed E-state index contributed by atoms with van der Waals surface area (Å²) in [6.07, 6.45) is 3.79. The van der Waals surface area contributed by atoms with Crippen LogP contribution in [0.4, 0.5) is 0 Å². The first-order valence-corrected chi connectivity index (χ1v) is 8.14. The Morgan fingerprint density at radius 2 is 2.10 bits per heavy atom. The number of nitrogens with one attached hydrogen (secondary N) is 1. The lowest BCUT2D eigenvalue weighted by atomic mass is 9.90. The van der Waals surface area contributed by atoms with E-state index in [2.05, 4.69) is 55.6 Å². The van der Waals surface area contributed by atoms with Crippen LogP contribution in [0.15, 0.2) is 36.4 Å². The summed E-state index contributed by atoms with van der Waals surface area (Å²) in [6, 6.07) is 13.5. The van der Waals surface area contributed by atoms with E-state index in [1.807, 2.05) is 0 Å². The molecule has 1 N–H and O–H groups in total. The van der Waals surface area contributed by atoms with Gasteiger partial charge in [0.25, 0.3) is 0 Å². The van der Waals surface area contributed by atoms with E-state index < -0.39 is 0 Å². The molecule has 1 aliphatic rings. The molecule has 1 saturated heterocycles. The van der Waals surface area contributed by atoms with Gasteiger partial charge in [-0.1, -0.05) is 43.3 Å². The Morgan fingerprint density at radius 1 is 1.24 bits per heavy atom. The topological polar surface area (TPSA) is 21.3 Å². The first-order valence-electron chi connectivity index (χ1n) is 8.14. The van der Waals surface area contributed by atoms with E-state index in [1.165, 1.54) is 28.3 Å². The van der Waals surface area contributed by atoms with Crippen LogP contribution in [0.1, 0.15) is 43.4 Å². The third-order valence-electron chi connectivity index (χ3n) is 4.45. The van der Waals surface area contributed by atoms with Crippen molar-refractivity contribution in [3.05, 3.63) is 47.5 Å². The van der Waals surface area contributed by atoms with Gasteiger partial charge in [-0.2, -0.15) is 0 Å². The Morgan fingerprint density at radius 3 is 2.86 bits per heavy atom. The van der Waals surface area contributed by atoms with Crippen LogP contribution in [0.3, 0.4) is 0 Å². The lowest BCUT2D eigenvalue weighted by Gasteiger charge is -2.27. The molecule has 0 amide bonds. The molecule has 3 rings (SSSR count). The number of ether oxygens (including phenoxy) is 1. The minimum Gasteiger partial charge on any atom is -0.376 e. The summed E-state index contributed by atoms with van der Waals surface area (Å²) in [5, 5.41) is 6.42. The van der Waals surface area contributed by atoms with Crippen molar-refractivity contribution in [2.45, 2.75) is 45.3 Å². The van der Waals surface area contributed by atoms with Crippen molar-refractivity contribution in [2.24, 2.45) is 0 Å². The van der Waals surface area contributed by atoms with Crippen LogP contribution in [0.5, 0.6) is 0 Å². The number of benzene rings is 2. The summed E-state index contributed by atoms with van der Waals surface area (Å²) in [6.45, 7) is 6.37. The molecule has 112 valence electrons. The van der Waals surface area contributed by atoms with Gasteiger partial charge in [-0.05, 0) is 54.6 Å². The van der Waals surface area contributed by atoms with Crippen LogP contribution in [-0.2, 0) is 4.74 Å².